The summed E-state index contributed by atoms with van der Waals surface area (Å²) in [7, 11) is 1.85. The van der Waals surface area contributed by atoms with Crippen LogP contribution in [0.1, 0.15) is 86.9 Å². The summed E-state index contributed by atoms with van der Waals surface area (Å²) in [5.41, 5.74) is 2.41. The summed E-state index contributed by atoms with van der Waals surface area (Å²) in [5, 5.41) is 5.15. The molecule has 1 atom stereocenters. The fourth-order valence-electron chi connectivity index (χ4n) is 5.48. The molecule has 8 heteroatoms. The molecule has 1 aliphatic heterocycles. The number of imidazole rings is 1. The van der Waals surface area contributed by atoms with Crippen molar-refractivity contribution in [1.82, 2.24) is 19.8 Å². The fourth-order valence-corrected chi connectivity index (χ4v) is 6.18. The summed E-state index contributed by atoms with van der Waals surface area (Å²) >= 11 is 1.74. The van der Waals surface area contributed by atoms with E-state index in [0.717, 1.165) is 49.0 Å². The first-order chi connectivity index (χ1) is 18.3. The van der Waals surface area contributed by atoms with Crippen molar-refractivity contribution in [2.24, 2.45) is 5.92 Å². The van der Waals surface area contributed by atoms with Crippen molar-refractivity contribution in [3.05, 3.63) is 52.0 Å². The number of carbonyl (C=O) groups excluding carboxylic acids is 2. The highest BCUT2D eigenvalue weighted by atomic mass is 32.1. The number of rotatable bonds is 11. The first kappa shape index (κ1) is 28.3. The molecular weight excluding hydrogens is 496 g/mol. The number of thiophene rings is 1. The van der Waals surface area contributed by atoms with E-state index in [9.17, 15) is 9.59 Å². The topological polar surface area (TPSA) is 76.5 Å². The molecule has 0 spiro atoms. The van der Waals surface area contributed by atoms with Gasteiger partial charge in [0.15, 0.2) is 0 Å². The van der Waals surface area contributed by atoms with Crippen LogP contribution in [0.2, 0.25) is 0 Å². The van der Waals surface area contributed by atoms with Crippen LogP contribution < -0.4 is 5.32 Å². The molecule has 38 heavy (non-hydrogen) atoms. The van der Waals surface area contributed by atoms with Gasteiger partial charge in [0.05, 0.1) is 11.0 Å². The summed E-state index contributed by atoms with van der Waals surface area (Å²) in [6.45, 7) is 9.90. The predicted octanol–water partition coefficient (Wildman–Crippen LogP) is 5.83. The van der Waals surface area contributed by atoms with Crippen molar-refractivity contribution >= 4 is 34.2 Å². The van der Waals surface area contributed by atoms with Crippen LogP contribution in [0.15, 0.2) is 35.7 Å². The van der Waals surface area contributed by atoms with Crippen molar-refractivity contribution < 1.29 is 14.3 Å². The number of nitrogens with one attached hydrogen (secondary N) is 1. The van der Waals surface area contributed by atoms with Gasteiger partial charge in [-0.25, -0.2) is 4.98 Å². The number of fused-ring (bicyclic) bond motifs is 1. The molecule has 4 rings (SSSR count). The number of likely N-dealkylation sites (N-methyl/N-ethyl adjacent to an activating group) is 1. The van der Waals surface area contributed by atoms with Crippen LogP contribution in [0.3, 0.4) is 0 Å². The highest BCUT2D eigenvalue weighted by Gasteiger charge is 2.30. The van der Waals surface area contributed by atoms with Gasteiger partial charge in [-0.15, -0.1) is 11.3 Å². The van der Waals surface area contributed by atoms with Gasteiger partial charge in [-0.2, -0.15) is 0 Å². The zero-order chi connectivity index (χ0) is 27.2. The first-order valence-corrected chi connectivity index (χ1v) is 14.9. The van der Waals surface area contributed by atoms with E-state index in [1.165, 1.54) is 4.88 Å². The number of nitrogens with zero attached hydrogens (tertiary/aromatic N) is 3. The van der Waals surface area contributed by atoms with Gasteiger partial charge in [-0.3, -0.25) is 9.59 Å². The lowest BCUT2D eigenvalue weighted by Crippen LogP contribution is -2.51. The Labute approximate surface area is 230 Å². The minimum Gasteiger partial charge on any atom is -0.381 e. The van der Waals surface area contributed by atoms with Gasteiger partial charge in [-0.1, -0.05) is 33.8 Å². The van der Waals surface area contributed by atoms with E-state index in [4.69, 9.17) is 9.72 Å². The molecule has 1 unspecified atom stereocenters. The monoisotopic (exact) mass is 538 g/mol. The minimum atomic E-state index is -0.567. The molecule has 7 nitrogen and oxygen atoms in total. The minimum absolute atomic E-state index is 0.0312. The second-order valence-electron chi connectivity index (χ2n) is 10.8. The smallest absolute Gasteiger partial charge is 0.252 e. The number of amides is 2. The molecule has 2 aromatic heterocycles. The van der Waals surface area contributed by atoms with Crippen LogP contribution in [-0.2, 0) is 16.0 Å². The second-order valence-corrected chi connectivity index (χ2v) is 11.8. The number of hydrogen-bond acceptors (Lipinski definition) is 5. The zero-order valence-corrected chi connectivity index (χ0v) is 24.2. The predicted molar refractivity (Wildman–Crippen MR) is 154 cm³/mol. The molecular formula is C30H42N4O3S. The van der Waals surface area contributed by atoms with E-state index in [0.29, 0.717) is 31.2 Å². The number of benzene rings is 1. The molecule has 0 saturated carbocycles. The number of aromatic nitrogens is 2. The van der Waals surface area contributed by atoms with Gasteiger partial charge >= 0.3 is 0 Å². The third kappa shape index (κ3) is 6.46. The van der Waals surface area contributed by atoms with E-state index >= 15 is 0 Å². The van der Waals surface area contributed by atoms with E-state index < -0.39 is 6.04 Å². The van der Waals surface area contributed by atoms with Crippen molar-refractivity contribution in [3.8, 4) is 0 Å². The third-order valence-corrected chi connectivity index (χ3v) is 8.52. The Morgan fingerprint density at radius 1 is 1.18 bits per heavy atom. The van der Waals surface area contributed by atoms with Gasteiger partial charge in [-0.05, 0) is 67.7 Å². The lowest BCUT2D eigenvalue weighted by atomic mass is 10.00. The highest BCUT2D eigenvalue weighted by Crippen LogP contribution is 2.28. The third-order valence-electron chi connectivity index (χ3n) is 7.64. The van der Waals surface area contributed by atoms with Crippen LogP contribution in [-0.4, -0.2) is 58.6 Å². The van der Waals surface area contributed by atoms with E-state index in [1.807, 2.05) is 30.1 Å². The molecule has 0 aliphatic carbocycles. The van der Waals surface area contributed by atoms with Crippen LogP contribution in [0.5, 0.6) is 0 Å². The molecule has 3 aromatic rings. The molecule has 0 radical (unpaired) electrons. The normalized spacial score (nSPS) is 15.3. The van der Waals surface area contributed by atoms with Gasteiger partial charge in [0.1, 0.15) is 11.9 Å². The van der Waals surface area contributed by atoms with Gasteiger partial charge in [0.25, 0.3) is 5.91 Å². The highest BCUT2D eigenvalue weighted by molar-refractivity contribution is 7.09. The maximum atomic E-state index is 13.5. The molecule has 2 amide bonds. The van der Waals surface area contributed by atoms with Gasteiger partial charge in [0.2, 0.25) is 5.91 Å². The summed E-state index contributed by atoms with van der Waals surface area (Å²) in [4.78, 5) is 35.0. The van der Waals surface area contributed by atoms with Crippen molar-refractivity contribution in [2.75, 3.05) is 20.3 Å². The summed E-state index contributed by atoms with van der Waals surface area (Å²) < 4.78 is 7.82. The lowest BCUT2D eigenvalue weighted by Gasteiger charge is -2.34. The standard InChI is InChI=1S/C30H42N4O3S/c1-6-22(7-2)34-27-11-10-21(18-25(27)31-28(34)19-24-9-8-16-38-24)29(35)32-26(17-20(3)4)30(36)33(5)23-12-14-37-15-13-23/h8-11,16,18,20,22-23,26H,6-7,12-15,17,19H2,1-5H3,(H,32,35). The second kappa shape index (κ2) is 12.9. The largest absolute Gasteiger partial charge is 0.381 e. The van der Waals surface area contributed by atoms with Gasteiger partial charge < -0.3 is 19.5 Å². The summed E-state index contributed by atoms with van der Waals surface area (Å²) in [6.07, 6.45) is 5.05. The Bertz CT molecular complexity index is 1210. The Balaban J connectivity index is 1.59. The fraction of sp³-hybridized carbons (Fsp3) is 0.567. The molecule has 1 fully saturated rings. The molecule has 1 aromatic carbocycles. The Morgan fingerprint density at radius 3 is 2.55 bits per heavy atom. The first-order valence-electron chi connectivity index (χ1n) is 14.0. The van der Waals surface area contributed by atoms with E-state index in [2.05, 4.69) is 55.1 Å². The van der Waals surface area contributed by atoms with Gasteiger partial charge in [0, 0.05) is 49.2 Å². The maximum Gasteiger partial charge on any atom is 0.252 e. The van der Waals surface area contributed by atoms with Crippen LogP contribution in [0.25, 0.3) is 11.0 Å². The molecule has 1 saturated heterocycles. The lowest BCUT2D eigenvalue weighted by molar-refractivity contribution is -0.136. The summed E-state index contributed by atoms with van der Waals surface area (Å²) in [5.74, 6) is 1.03. The van der Waals surface area contributed by atoms with E-state index in [1.54, 1.807) is 11.3 Å². The van der Waals surface area contributed by atoms with Crippen molar-refractivity contribution in [3.63, 3.8) is 0 Å². The maximum absolute atomic E-state index is 13.5. The SMILES string of the molecule is CCC(CC)n1c(Cc2cccs2)nc2cc(C(=O)NC(CC(C)C)C(=O)N(C)C3CCOCC3)ccc21. The Morgan fingerprint density at radius 2 is 1.92 bits per heavy atom. The number of carbonyl (C=O) groups is 2. The summed E-state index contributed by atoms with van der Waals surface area (Å²) in [6, 6.07) is 9.90. The molecule has 1 N–H and O–H groups in total. The van der Waals surface area contributed by atoms with Crippen molar-refractivity contribution in [2.45, 2.75) is 84.3 Å². The zero-order valence-electron chi connectivity index (χ0n) is 23.4. The van der Waals surface area contributed by atoms with Crippen LogP contribution >= 0.6 is 11.3 Å². The van der Waals surface area contributed by atoms with E-state index in [-0.39, 0.29) is 23.8 Å². The Hall–Kier alpha value is -2.71. The number of hydrogen-bond donors (Lipinski definition) is 1. The Kier molecular flexibility index (Phi) is 9.60. The van der Waals surface area contributed by atoms with Crippen LogP contribution in [0.4, 0.5) is 0 Å². The molecule has 206 valence electrons. The number of ether oxygens (including phenoxy) is 1. The van der Waals surface area contributed by atoms with Crippen LogP contribution in [0, 0.1) is 5.92 Å². The van der Waals surface area contributed by atoms with Crippen molar-refractivity contribution in [1.29, 1.82) is 0 Å². The quantitative estimate of drug-likeness (QED) is 0.333. The molecule has 1 aliphatic rings. The average molecular weight is 539 g/mol. The average Bonchev–Trinajstić information content (AvgIpc) is 3.56. The molecule has 3 heterocycles. The molecule has 0 bridgehead atoms.